The van der Waals surface area contributed by atoms with Crippen LogP contribution in [0.3, 0.4) is 0 Å². The Morgan fingerprint density at radius 2 is 2.18 bits per heavy atom. The van der Waals surface area contributed by atoms with E-state index in [9.17, 15) is 5.11 Å². The van der Waals surface area contributed by atoms with Crippen LogP contribution in [-0.2, 0) is 0 Å². The summed E-state index contributed by atoms with van der Waals surface area (Å²) in [5.41, 5.74) is 1.14. The highest BCUT2D eigenvalue weighted by molar-refractivity contribution is 6.34. The first-order valence-corrected chi connectivity index (χ1v) is 5.72. The topological polar surface area (TPSA) is 53.2 Å². The van der Waals surface area contributed by atoms with Crippen LogP contribution in [0.25, 0.3) is 0 Å². The number of ether oxygens (including phenoxy) is 1. The maximum absolute atomic E-state index is 9.39. The molecule has 0 saturated carbocycles. The Labute approximate surface area is 103 Å². The van der Waals surface area contributed by atoms with Crippen molar-refractivity contribution in [1.29, 1.82) is 5.26 Å². The van der Waals surface area contributed by atoms with E-state index in [2.05, 4.69) is 6.07 Å². The molecule has 1 aromatic rings. The second-order valence-corrected chi connectivity index (χ2v) is 5.01. The third-order valence-electron chi connectivity index (χ3n) is 2.48. The Balaban J connectivity index is 2.85. The summed E-state index contributed by atoms with van der Waals surface area (Å²) >= 11 is 0. The van der Waals surface area contributed by atoms with Crippen molar-refractivity contribution in [3.63, 3.8) is 0 Å². The standard InChI is InChI=1S/C13H18BNO2/c1-9(16)7-13(2,3)17-12-5-4-10(8-15)6-11(12)14/h4-6,9,16H,7,14H2,1-3H3. The van der Waals surface area contributed by atoms with Gasteiger partial charge in [-0.25, -0.2) is 0 Å². The van der Waals surface area contributed by atoms with Gasteiger partial charge in [0, 0.05) is 6.42 Å². The molecule has 1 aromatic carbocycles. The summed E-state index contributed by atoms with van der Waals surface area (Å²) < 4.78 is 5.87. The molecule has 0 fully saturated rings. The molecule has 0 heterocycles. The molecule has 1 atom stereocenters. The fourth-order valence-corrected chi connectivity index (χ4v) is 1.88. The number of rotatable bonds is 4. The lowest BCUT2D eigenvalue weighted by atomic mass is 9.92. The lowest BCUT2D eigenvalue weighted by Crippen LogP contribution is -2.33. The van der Waals surface area contributed by atoms with Crippen molar-refractivity contribution in [3.8, 4) is 11.8 Å². The average Bonchev–Trinajstić information content (AvgIpc) is 2.18. The van der Waals surface area contributed by atoms with Gasteiger partial charge in [0.1, 0.15) is 19.2 Å². The molecule has 90 valence electrons. The summed E-state index contributed by atoms with van der Waals surface area (Å²) in [6.45, 7) is 5.63. The van der Waals surface area contributed by atoms with Gasteiger partial charge in [-0.1, -0.05) is 0 Å². The molecule has 0 spiro atoms. The van der Waals surface area contributed by atoms with E-state index in [4.69, 9.17) is 10.00 Å². The second-order valence-electron chi connectivity index (χ2n) is 5.01. The van der Waals surface area contributed by atoms with Gasteiger partial charge in [-0.05, 0) is 44.4 Å². The van der Waals surface area contributed by atoms with Crippen molar-refractivity contribution in [2.45, 2.75) is 38.9 Å². The number of aliphatic hydroxyl groups is 1. The summed E-state index contributed by atoms with van der Waals surface area (Å²) in [4.78, 5) is 0. The molecule has 0 bridgehead atoms. The monoisotopic (exact) mass is 231 g/mol. The Morgan fingerprint density at radius 3 is 2.65 bits per heavy atom. The van der Waals surface area contributed by atoms with Gasteiger partial charge in [0.25, 0.3) is 0 Å². The van der Waals surface area contributed by atoms with Crippen LogP contribution < -0.4 is 10.2 Å². The Bertz CT molecular complexity index is 436. The van der Waals surface area contributed by atoms with Crippen LogP contribution in [0.1, 0.15) is 32.8 Å². The summed E-state index contributed by atoms with van der Waals surface area (Å²) in [7, 11) is 1.91. The Morgan fingerprint density at radius 1 is 1.53 bits per heavy atom. The van der Waals surface area contributed by atoms with Crippen molar-refractivity contribution in [2.24, 2.45) is 0 Å². The molecule has 3 nitrogen and oxygen atoms in total. The third kappa shape index (κ3) is 4.12. The number of benzene rings is 1. The number of nitriles is 1. The van der Waals surface area contributed by atoms with Crippen LogP contribution in [0.15, 0.2) is 18.2 Å². The van der Waals surface area contributed by atoms with E-state index in [1.807, 2.05) is 21.7 Å². The predicted molar refractivity (Wildman–Crippen MR) is 70.3 cm³/mol. The molecular formula is C13H18BNO2. The summed E-state index contributed by atoms with van der Waals surface area (Å²) in [6.07, 6.45) is 0.163. The molecule has 1 N–H and O–H groups in total. The van der Waals surface area contributed by atoms with Crippen molar-refractivity contribution >= 4 is 13.3 Å². The SMILES string of the molecule is Bc1cc(C#N)ccc1OC(C)(C)CC(C)O. The van der Waals surface area contributed by atoms with Gasteiger partial charge in [-0.15, -0.1) is 0 Å². The van der Waals surface area contributed by atoms with Crippen LogP contribution in [0.5, 0.6) is 5.75 Å². The molecule has 1 rings (SSSR count). The van der Waals surface area contributed by atoms with E-state index >= 15 is 0 Å². The zero-order valence-electron chi connectivity index (χ0n) is 10.8. The first-order chi connectivity index (χ1) is 7.84. The fourth-order valence-electron chi connectivity index (χ4n) is 1.88. The zero-order chi connectivity index (χ0) is 13.1. The van der Waals surface area contributed by atoms with Crippen LogP contribution >= 0.6 is 0 Å². The van der Waals surface area contributed by atoms with Crippen LogP contribution in [0.4, 0.5) is 0 Å². The van der Waals surface area contributed by atoms with E-state index in [1.54, 1.807) is 25.1 Å². The minimum atomic E-state index is -0.424. The maximum Gasteiger partial charge on any atom is 0.144 e. The molecule has 0 radical (unpaired) electrons. The summed E-state index contributed by atoms with van der Waals surface area (Å²) in [6, 6.07) is 7.43. The third-order valence-corrected chi connectivity index (χ3v) is 2.48. The van der Waals surface area contributed by atoms with Crippen molar-refractivity contribution in [2.75, 3.05) is 0 Å². The predicted octanol–water partition coefficient (Wildman–Crippen LogP) is 0.745. The van der Waals surface area contributed by atoms with E-state index < -0.39 is 11.7 Å². The van der Waals surface area contributed by atoms with Gasteiger partial charge >= 0.3 is 0 Å². The molecule has 0 aromatic heterocycles. The lowest BCUT2D eigenvalue weighted by molar-refractivity contribution is 0.0464. The largest absolute Gasteiger partial charge is 0.488 e. The van der Waals surface area contributed by atoms with Crippen molar-refractivity contribution in [3.05, 3.63) is 23.8 Å². The van der Waals surface area contributed by atoms with Gasteiger partial charge in [0.2, 0.25) is 0 Å². The minimum absolute atomic E-state index is 0.399. The summed E-state index contributed by atoms with van der Waals surface area (Å²) in [5.74, 6) is 0.759. The van der Waals surface area contributed by atoms with Gasteiger partial charge < -0.3 is 9.84 Å². The number of hydrogen-bond donors (Lipinski definition) is 1. The highest BCUT2D eigenvalue weighted by Gasteiger charge is 2.22. The van der Waals surface area contributed by atoms with Crippen LogP contribution in [0.2, 0.25) is 0 Å². The van der Waals surface area contributed by atoms with E-state index in [1.165, 1.54) is 0 Å². The van der Waals surface area contributed by atoms with Crippen LogP contribution in [0, 0.1) is 11.3 Å². The van der Waals surface area contributed by atoms with E-state index in [0.29, 0.717) is 12.0 Å². The first-order valence-electron chi connectivity index (χ1n) is 5.72. The molecule has 0 amide bonds. The smallest absolute Gasteiger partial charge is 0.144 e. The highest BCUT2D eigenvalue weighted by atomic mass is 16.5. The second kappa shape index (κ2) is 5.24. The van der Waals surface area contributed by atoms with Crippen molar-refractivity contribution in [1.82, 2.24) is 0 Å². The average molecular weight is 231 g/mol. The molecular weight excluding hydrogens is 213 g/mol. The van der Waals surface area contributed by atoms with Crippen LogP contribution in [-0.4, -0.2) is 24.7 Å². The number of aliphatic hydroxyl groups excluding tert-OH is 1. The van der Waals surface area contributed by atoms with Gasteiger partial charge in [0.15, 0.2) is 0 Å². The quantitative estimate of drug-likeness (QED) is 0.778. The van der Waals surface area contributed by atoms with Gasteiger partial charge in [-0.3, -0.25) is 0 Å². The fraction of sp³-hybridized carbons (Fsp3) is 0.462. The number of hydrogen-bond acceptors (Lipinski definition) is 3. The summed E-state index contributed by atoms with van der Waals surface area (Å²) in [5, 5.41) is 18.2. The molecule has 0 saturated heterocycles. The molecule has 0 aliphatic heterocycles. The maximum atomic E-state index is 9.39. The lowest BCUT2D eigenvalue weighted by Gasteiger charge is -2.28. The first kappa shape index (κ1) is 13.6. The number of nitrogens with zero attached hydrogens (tertiary/aromatic N) is 1. The van der Waals surface area contributed by atoms with Gasteiger partial charge in [0.05, 0.1) is 17.7 Å². The molecule has 0 aliphatic rings. The minimum Gasteiger partial charge on any atom is -0.488 e. The zero-order valence-corrected chi connectivity index (χ0v) is 10.8. The Kier molecular flexibility index (Phi) is 4.19. The van der Waals surface area contributed by atoms with Gasteiger partial charge in [-0.2, -0.15) is 5.26 Å². The van der Waals surface area contributed by atoms with E-state index in [0.717, 1.165) is 11.2 Å². The molecule has 17 heavy (non-hydrogen) atoms. The molecule has 0 aliphatic carbocycles. The Hall–Kier alpha value is -1.47. The normalized spacial score (nSPS) is 12.9. The molecule has 4 heteroatoms. The van der Waals surface area contributed by atoms with Crippen molar-refractivity contribution < 1.29 is 9.84 Å². The molecule has 1 unspecified atom stereocenters. The highest BCUT2D eigenvalue weighted by Crippen LogP contribution is 2.21. The van der Waals surface area contributed by atoms with E-state index in [-0.39, 0.29) is 0 Å².